The molecule has 10 heteroatoms. The Balaban J connectivity index is 1.69. The van der Waals surface area contributed by atoms with Crippen molar-refractivity contribution in [2.24, 2.45) is 5.92 Å². The molecule has 0 saturated carbocycles. The van der Waals surface area contributed by atoms with Crippen LogP contribution in [0.5, 0.6) is 0 Å². The summed E-state index contributed by atoms with van der Waals surface area (Å²) in [7, 11) is 0. The van der Waals surface area contributed by atoms with Gasteiger partial charge in [-0.1, -0.05) is 24.6 Å². The van der Waals surface area contributed by atoms with E-state index < -0.39 is 24.2 Å². The van der Waals surface area contributed by atoms with Crippen molar-refractivity contribution in [3.8, 4) is 0 Å². The van der Waals surface area contributed by atoms with Crippen molar-refractivity contribution in [2.75, 3.05) is 18.4 Å². The van der Waals surface area contributed by atoms with Gasteiger partial charge in [0.25, 0.3) is 5.91 Å². The number of fused-ring (bicyclic) bond motifs is 1. The Morgan fingerprint density at radius 1 is 1.36 bits per heavy atom. The Kier molecular flexibility index (Phi) is 5.07. The summed E-state index contributed by atoms with van der Waals surface area (Å²) < 4.78 is 42.1. The number of aromatic nitrogens is 2. The van der Waals surface area contributed by atoms with Crippen molar-refractivity contribution in [3.05, 3.63) is 33.1 Å². The van der Waals surface area contributed by atoms with Crippen molar-refractivity contribution in [3.63, 3.8) is 0 Å². The highest BCUT2D eigenvalue weighted by atomic mass is 35.5. The maximum atomic E-state index is 13.8. The smallest absolute Gasteiger partial charge is 0.361 e. The van der Waals surface area contributed by atoms with Crippen LogP contribution in [0.15, 0.2) is 17.5 Å². The number of hydrogen-bond acceptors (Lipinski definition) is 4. The first-order valence-corrected chi connectivity index (χ1v) is 10.5. The topological polar surface area (TPSA) is 50.2 Å². The summed E-state index contributed by atoms with van der Waals surface area (Å²) in [6, 6.07) is 1.21. The van der Waals surface area contributed by atoms with Crippen LogP contribution in [0.1, 0.15) is 53.6 Å². The van der Waals surface area contributed by atoms with Gasteiger partial charge in [-0.2, -0.15) is 18.3 Å². The molecule has 5 nitrogen and oxygen atoms in total. The van der Waals surface area contributed by atoms with E-state index in [9.17, 15) is 18.0 Å². The minimum atomic E-state index is -4.50. The molecule has 2 aromatic heterocycles. The molecule has 0 aliphatic carbocycles. The summed E-state index contributed by atoms with van der Waals surface area (Å²) in [5.41, 5.74) is -0.111. The summed E-state index contributed by atoms with van der Waals surface area (Å²) in [6.07, 6.45) is -2.98. The first-order valence-electron chi connectivity index (χ1n) is 9.19. The minimum Gasteiger partial charge on any atom is -0.361 e. The number of carbonyl (C=O) groups excluding carboxylic acids is 1. The Morgan fingerprint density at radius 2 is 2.07 bits per heavy atom. The Bertz CT molecular complexity index is 859. The molecule has 0 bridgehead atoms. The zero-order valence-electron chi connectivity index (χ0n) is 15.2. The van der Waals surface area contributed by atoms with Crippen LogP contribution in [-0.4, -0.2) is 39.9 Å². The van der Waals surface area contributed by atoms with Crippen LogP contribution in [-0.2, 0) is 0 Å². The minimum absolute atomic E-state index is 0.0425. The molecule has 0 radical (unpaired) electrons. The van der Waals surface area contributed by atoms with Gasteiger partial charge in [-0.15, -0.1) is 11.3 Å². The van der Waals surface area contributed by atoms with Crippen LogP contribution in [0.2, 0.25) is 5.02 Å². The number of rotatable bonds is 2. The number of piperidine rings is 1. The maximum absolute atomic E-state index is 13.8. The van der Waals surface area contributed by atoms with E-state index >= 15 is 0 Å². The third-order valence-electron chi connectivity index (χ3n) is 5.46. The first-order chi connectivity index (χ1) is 13.3. The van der Waals surface area contributed by atoms with Crippen molar-refractivity contribution in [1.29, 1.82) is 0 Å². The second-order valence-corrected chi connectivity index (χ2v) is 8.79. The quantitative estimate of drug-likeness (QED) is 0.715. The highest BCUT2D eigenvalue weighted by Gasteiger charge is 2.48. The molecule has 152 valence electrons. The zero-order valence-corrected chi connectivity index (χ0v) is 16.7. The fourth-order valence-corrected chi connectivity index (χ4v) is 4.81. The Labute approximate surface area is 169 Å². The summed E-state index contributed by atoms with van der Waals surface area (Å²) >= 11 is 7.75. The van der Waals surface area contributed by atoms with Gasteiger partial charge in [-0.05, 0) is 30.2 Å². The lowest BCUT2D eigenvalue weighted by molar-refractivity contribution is -0.173. The lowest BCUT2D eigenvalue weighted by Gasteiger charge is -2.32. The molecule has 0 unspecified atom stereocenters. The molecule has 2 aromatic rings. The summed E-state index contributed by atoms with van der Waals surface area (Å²) in [5, 5.41) is 8.86. The van der Waals surface area contributed by atoms with Crippen LogP contribution in [0.4, 0.5) is 19.0 Å². The third-order valence-corrected chi connectivity index (χ3v) is 6.80. The van der Waals surface area contributed by atoms with Crippen molar-refractivity contribution in [1.82, 2.24) is 14.7 Å². The fraction of sp³-hybridized carbons (Fsp3) is 0.556. The van der Waals surface area contributed by atoms with E-state index in [2.05, 4.69) is 17.3 Å². The molecule has 1 amide bonds. The second-order valence-electron chi connectivity index (χ2n) is 7.44. The molecule has 2 aliphatic rings. The van der Waals surface area contributed by atoms with Gasteiger partial charge in [0, 0.05) is 24.4 Å². The molecule has 1 N–H and O–H groups in total. The van der Waals surface area contributed by atoms with Gasteiger partial charge in [0.15, 0.2) is 11.7 Å². The highest BCUT2D eigenvalue weighted by Crippen LogP contribution is 2.47. The van der Waals surface area contributed by atoms with Crippen LogP contribution < -0.4 is 5.32 Å². The number of halogens is 4. The average Bonchev–Trinajstić information content (AvgIpc) is 3.29. The maximum Gasteiger partial charge on any atom is 0.410 e. The van der Waals surface area contributed by atoms with Crippen molar-refractivity contribution in [2.45, 2.75) is 44.4 Å². The van der Waals surface area contributed by atoms with Crippen molar-refractivity contribution < 1.29 is 18.0 Å². The van der Waals surface area contributed by atoms with Gasteiger partial charge in [-0.3, -0.25) is 4.79 Å². The van der Waals surface area contributed by atoms with Crippen molar-refractivity contribution >= 4 is 34.7 Å². The molecule has 0 spiro atoms. The van der Waals surface area contributed by atoms with E-state index in [-0.39, 0.29) is 23.0 Å². The van der Waals surface area contributed by atoms with Gasteiger partial charge in [0.1, 0.15) is 10.8 Å². The molecule has 4 rings (SSSR count). The Morgan fingerprint density at radius 3 is 2.68 bits per heavy atom. The largest absolute Gasteiger partial charge is 0.410 e. The van der Waals surface area contributed by atoms with E-state index in [1.807, 2.05) is 5.38 Å². The number of nitrogens with one attached hydrogen (secondary N) is 1. The predicted molar refractivity (Wildman–Crippen MR) is 102 cm³/mol. The number of likely N-dealkylation sites (tertiary alicyclic amines) is 1. The molecule has 4 heterocycles. The molecule has 1 fully saturated rings. The molecule has 2 aliphatic heterocycles. The number of amides is 1. The summed E-state index contributed by atoms with van der Waals surface area (Å²) in [5.74, 6) is 0.175. The van der Waals surface area contributed by atoms with E-state index in [0.29, 0.717) is 19.0 Å². The number of hydrogen-bond donors (Lipinski definition) is 1. The molecular formula is C18H20ClF3N4OS. The SMILES string of the molecule is CC1CCN(C(=O)c2nn3c(c2Cl)N[C@@H](c2cccs2)C[C@@H]3C(F)(F)F)CC1. The van der Waals surface area contributed by atoms with Gasteiger partial charge in [0.2, 0.25) is 0 Å². The first kappa shape index (κ1) is 19.6. The number of alkyl halides is 3. The zero-order chi connectivity index (χ0) is 20.1. The number of anilines is 1. The third kappa shape index (κ3) is 3.50. The second kappa shape index (κ2) is 7.26. The fourth-order valence-electron chi connectivity index (χ4n) is 3.76. The van der Waals surface area contributed by atoms with Gasteiger partial charge < -0.3 is 10.2 Å². The highest BCUT2D eigenvalue weighted by molar-refractivity contribution is 7.10. The van der Waals surface area contributed by atoms with Gasteiger partial charge in [0.05, 0.1) is 6.04 Å². The number of nitrogens with zero attached hydrogens (tertiary/aromatic N) is 3. The predicted octanol–water partition coefficient (Wildman–Crippen LogP) is 5.13. The standard InChI is InChI=1S/C18H20ClF3N4OS/c1-10-4-6-25(7-5-10)17(27)15-14(19)16-23-11(12-3-2-8-28-12)9-13(18(20,21)22)26(16)24-15/h2-3,8,10-11,13,23H,4-7,9H2,1H3/t11-,13-/m1/s1. The summed E-state index contributed by atoms with van der Waals surface area (Å²) in [4.78, 5) is 15.3. The van der Waals surface area contributed by atoms with Gasteiger partial charge >= 0.3 is 6.18 Å². The molecule has 0 aromatic carbocycles. The molecule has 28 heavy (non-hydrogen) atoms. The van der Waals surface area contributed by atoms with E-state index in [1.165, 1.54) is 11.3 Å². The molecule has 1 saturated heterocycles. The monoisotopic (exact) mass is 432 g/mol. The average molecular weight is 433 g/mol. The number of carbonyl (C=O) groups is 1. The van der Waals surface area contributed by atoms with E-state index in [0.717, 1.165) is 22.4 Å². The van der Waals surface area contributed by atoms with E-state index in [4.69, 9.17) is 11.6 Å². The lowest BCUT2D eigenvalue weighted by atomic mass is 9.99. The normalized spacial score (nSPS) is 23.4. The number of thiophene rings is 1. The lowest BCUT2D eigenvalue weighted by Crippen LogP contribution is -2.38. The van der Waals surface area contributed by atoms with Crippen LogP contribution in [0.3, 0.4) is 0 Å². The van der Waals surface area contributed by atoms with Crippen LogP contribution in [0, 0.1) is 5.92 Å². The van der Waals surface area contributed by atoms with Gasteiger partial charge in [-0.25, -0.2) is 4.68 Å². The van der Waals surface area contributed by atoms with Crippen LogP contribution in [0.25, 0.3) is 0 Å². The Hall–Kier alpha value is -1.74. The summed E-state index contributed by atoms with van der Waals surface area (Å²) in [6.45, 7) is 3.24. The van der Waals surface area contributed by atoms with E-state index in [1.54, 1.807) is 17.0 Å². The van der Waals surface area contributed by atoms with Crippen LogP contribution >= 0.6 is 22.9 Å². The molecular weight excluding hydrogens is 413 g/mol. The molecule has 2 atom stereocenters.